The first-order valence-corrected chi connectivity index (χ1v) is 8.50. The van der Waals surface area contributed by atoms with Crippen LogP contribution in [0.2, 0.25) is 0 Å². The van der Waals surface area contributed by atoms with Crippen LogP contribution in [0.25, 0.3) is 28.2 Å². The molecule has 4 aromatic rings. The molecule has 8 nitrogen and oxygen atoms in total. The number of aryl methyl sites for hydroxylation is 1. The van der Waals surface area contributed by atoms with Gasteiger partial charge >= 0.3 is 5.69 Å². The molecular formula is C19H15FN6O2. The van der Waals surface area contributed by atoms with Crippen molar-refractivity contribution in [1.29, 1.82) is 0 Å². The third-order valence-electron chi connectivity index (χ3n) is 4.32. The van der Waals surface area contributed by atoms with Crippen LogP contribution < -0.4 is 11.4 Å². The van der Waals surface area contributed by atoms with Gasteiger partial charge in [-0.1, -0.05) is 0 Å². The van der Waals surface area contributed by atoms with Gasteiger partial charge in [0.05, 0.1) is 5.69 Å². The summed E-state index contributed by atoms with van der Waals surface area (Å²) in [5.74, 6) is -1.01. The molecule has 0 unspecified atom stereocenters. The van der Waals surface area contributed by atoms with E-state index in [9.17, 15) is 14.0 Å². The highest BCUT2D eigenvalue weighted by Crippen LogP contribution is 2.23. The minimum Gasteiger partial charge on any atom is -0.364 e. The Bertz CT molecular complexity index is 1250. The van der Waals surface area contributed by atoms with E-state index in [1.54, 1.807) is 31.5 Å². The van der Waals surface area contributed by atoms with Gasteiger partial charge in [-0.05, 0) is 43.3 Å². The number of pyridine rings is 1. The highest BCUT2D eigenvalue weighted by atomic mass is 19.1. The number of halogens is 1. The van der Waals surface area contributed by atoms with E-state index in [2.05, 4.69) is 15.0 Å². The third-order valence-corrected chi connectivity index (χ3v) is 4.32. The second-order valence-corrected chi connectivity index (χ2v) is 6.01. The first kappa shape index (κ1) is 17.5. The number of fused-ring (bicyclic) bond motifs is 1. The topological polar surface area (TPSA) is 109 Å². The smallest absolute Gasteiger partial charge is 0.335 e. The van der Waals surface area contributed by atoms with Gasteiger partial charge in [-0.25, -0.2) is 23.7 Å². The van der Waals surface area contributed by atoms with Gasteiger partial charge in [0.1, 0.15) is 11.3 Å². The summed E-state index contributed by atoms with van der Waals surface area (Å²) in [4.78, 5) is 38.0. The Balaban J connectivity index is 2.14. The molecular weight excluding hydrogens is 363 g/mol. The SMILES string of the molecule is CCn1c(=O)n(-c2ccc(F)cc2)c2nc(-c3cccnc3)nc(C(N)=O)c21. The van der Waals surface area contributed by atoms with E-state index in [0.29, 0.717) is 11.3 Å². The van der Waals surface area contributed by atoms with Gasteiger partial charge in [-0.3, -0.25) is 14.3 Å². The number of imidazole rings is 1. The second kappa shape index (κ2) is 6.69. The van der Waals surface area contributed by atoms with Crippen LogP contribution >= 0.6 is 0 Å². The standard InChI is InChI=1S/C19H15FN6O2/c1-2-25-15-14(16(21)27)23-17(11-4-3-9-22-10-11)24-18(15)26(19(25)28)13-7-5-12(20)6-8-13/h3-10H,2H2,1H3,(H2,21,27). The van der Waals surface area contributed by atoms with E-state index in [1.807, 2.05) is 0 Å². The number of hydrogen-bond acceptors (Lipinski definition) is 5. The van der Waals surface area contributed by atoms with E-state index in [1.165, 1.54) is 33.4 Å². The molecule has 0 aliphatic rings. The number of carbonyl (C=O) groups excluding carboxylic acids is 1. The van der Waals surface area contributed by atoms with Gasteiger partial charge in [0.15, 0.2) is 17.2 Å². The van der Waals surface area contributed by atoms with Crippen molar-refractivity contribution < 1.29 is 9.18 Å². The maximum atomic E-state index is 13.4. The summed E-state index contributed by atoms with van der Waals surface area (Å²) in [5.41, 5.74) is 6.48. The number of carbonyl (C=O) groups is 1. The van der Waals surface area contributed by atoms with Crippen molar-refractivity contribution in [2.75, 3.05) is 0 Å². The maximum Gasteiger partial charge on any atom is 0.335 e. The van der Waals surface area contributed by atoms with E-state index in [4.69, 9.17) is 5.73 Å². The first-order chi connectivity index (χ1) is 13.5. The van der Waals surface area contributed by atoms with E-state index in [-0.39, 0.29) is 29.2 Å². The first-order valence-electron chi connectivity index (χ1n) is 8.50. The molecule has 3 heterocycles. The molecule has 3 aromatic heterocycles. The summed E-state index contributed by atoms with van der Waals surface area (Å²) < 4.78 is 16.0. The van der Waals surface area contributed by atoms with Crippen molar-refractivity contribution in [3.63, 3.8) is 0 Å². The molecule has 4 rings (SSSR count). The molecule has 0 radical (unpaired) electrons. The molecule has 140 valence electrons. The zero-order chi connectivity index (χ0) is 19.8. The summed E-state index contributed by atoms with van der Waals surface area (Å²) in [6.45, 7) is 2.04. The number of aromatic nitrogens is 5. The molecule has 28 heavy (non-hydrogen) atoms. The molecule has 0 atom stereocenters. The van der Waals surface area contributed by atoms with Gasteiger partial charge in [-0.2, -0.15) is 0 Å². The lowest BCUT2D eigenvalue weighted by Crippen LogP contribution is -2.23. The van der Waals surface area contributed by atoms with Crippen LogP contribution in [-0.2, 0) is 6.54 Å². The van der Waals surface area contributed by atoms with Gasteiger partial charge in [0.2, 0.25) is 0 Å². The predicted molar refractivity (Wildman–Crippen MR) is 101 cm³/mol. The van der Waals surface area contributed by atoms with E-state index < -0.39 is 17.4 Å². The molecule has 0 fully saturated rings. The average Bonchev–Trinajstić information content (AvgIpc) is 2.99. The molecule has 0 aliphatic heterocycles. The number of benzene rings is 1. The number of primary amides is 1. The van der Waals surface area contributed by atoms with Crippen molar-refractivity contribution in [2.45, 2.75) is 13.5 Å². The Morgan fingerprint density at radius 3 is 2.54 bits per heavy atom. The Hall–Kier alpha value is -3.88. The summed E-state index contributed by atoms with van der Waals surface area (Å²) in [7, 11) is 0. The largest absolute Gasteiger partial charge is 0.364 e. The number of hydrogen-bond donors (Lipinski definition) is 1. The highest BCUT2D eigenvalue weighted by Gasteiger charge is 2.23. The van der Waals surface area contributed by atoms with Crippen LogP contribution in [0.3, 0.4) is 0 Å². The summed E-state index contributed by atoms with van der Waals surface area (Å²) >= 11 is 0. The molecule has 9 heteroatoms. The molecule has 0 aliphatic carbocycles. The molecule has 0 saturated heterocycles. The fraction of sp³-hybridized carbons (Fsp3) is 0.105. The van der Waals surface area contributed by atoms with Gasteiger partial charge in [0.25, 0.3) is 5.91 Å². The predicted octanol–water partition coefficient (Wildman–Crippen LogP) is 1.90. The lowest BCUT2D eigenvalue weighted by Gasteiger charge is -2.07. The molecule has 0 bridgehead atoms. The fourth-order valence-electron chi connectivity index (χ4n) is 3.07. The number of amides is 1. The van der Waals surface area contributed by atoms with Crippen LogP contribution in [0, 0.1) is 5.82 Å². The molecule has 0 saturated carbocycles. The van der Waals surface area contributed by atoms with Crippen molar-refractivity contribution in [3.8, 4) is 17.1 Å². The minimum absolute atomic E-state index is 0.0661. The third kappa shape index (κ3) is 2.73. The fourth-order valence-corrected chi connectivity index (χ4v) is 3.07. The molecule has 1 aromatic carbocycles. The molecule has 1 amide bonds. The lowest BCUT2D eigenvalue weighted by molar-refractivity contribution is 0.0997. The summed E-state index contributed by atoms with van der Waals surface area (Å²) in [5, 5.41) is 0. The molecule has 0 spiro atoms. The van der Waals surface area contributed by atoms with Gasteiger partial charge in [-0.15, -0.1) is 0 Å². The quantitative estimate of drug-likeness (QED) is 0.583. The van der Waals surface area contributed by atoms with Crippen LogP contribution in [0.1, 0.15) is 17.4 Å². The van der Waals surface area contributed by atoms with Crippen LogP contribution in [0.15, 0.2) is 53.6 Å². The molecule has 2 N–H and O–H groups in total. The monoisotopic (exact) mass is 378 g/mol. The Labute approximate surface area is 158 Å². The van der Waals surface area contributed by atoms with Gasteiger partial charge < -0.3 is 5.73 Å². The number of rotatable bonds is 4. The van der Waals surface area contributed by atoms with Crippen LogP contribution in [0.4, 0.5) is 4.39 Å². The Kier molecular flexibility index (Phi) is 4.19. The van der Waals surface area contributed by atoms with Crippen molar-refractivity contribution >= 4 is 17.1 Å². The summed E-state index contributed by atoms with van der Waals surface area (Å²) in [6.07, 6.45) is 3.14. The van der Waals surface area contributed by atoms with Crippen LogP contribution in [-0.4, -0.2) is 30.0 Å². The van der Waals surface area contributed by atoms with E-state index >= 15 is 0 Å². The normalized spacial score (nSPS) is 11.1. The lowest BCUT2D eigenvalue weighted by atomic mass is 10.2. The minimum atomic E-state index is -0.781. The summed E-state index contributed by atoms with van der Waals surface area (Å²) in [6, 6.07) is 8.86. The zero-order valence-electron chi connectivity index (χ0n) is 14.8. The number of nitrogens with zero attached hydrogens (tertiary/aromatic N) is 5. The van der Waals surface area contributed by atoms with Gasteiger partial charge in [0, 0.05) is 24.5 Å². The van der Waals surface area contributed by atoms with Crippen LogP contribution in [0.5, 0.6) is 0 Å². The van der Waals surface area contributed by atoms with Crippen molar-refractivity contribution in [3.05, 3.63) is 70.8 Å². The van der Waals surface area contributed by atoms with Crippen molar-refractivity contribution in [2.24, 2.45) is 5.73 Å². The van der Waals surface area contributed by atoms with Crippen molar-refractivity contribution in [1.82, 2.24) is 24.1 Å². The number of nitrogens with two attached hydrogens (primary N) is 1. The van der Waals surface area contributed by atoms with E-state index in [0.717, 1.165) is 0 Å². The zero-order valence-corrected chi connectivity index (χ0v) is 14.8. The maximum absolute atomic E-state index is 13.4. The Morgan fingerprint density at radius 2 is 1.93 bits per heavy atom. The Morgan fingerprint density at radius 1 is 1.18 bits per heavy atom. The second-order valence-electron chi connectivity index (χ2n) is 6.01. The average molecular weight is 378 g/mol. The highest BCUT2D eigenvalue weighted by molar-refractivity contribution is 6.02.